The van der Waals surface area contributed by atoms with Gasteiger partial charge >= 0.3 is 5.69 Å². The lowest BCUT2D eigenvalue weighted by molar-refractivity contribution is 0.384. The standard InChI is InChI=1S/C12H7FN2O4/c1-18-7-3-2-5-4-6-10(16)14-12(17)15-11(6)19-9(5)8(7)13/h2-4H,1H3,(H,14,16,17). The molecular weight excluding hydrogens is 255 g/mol. The fourth-order valence-corrected chi connectivity index (χ4v) is 1.83. The summed E-state index contributed by atoms with van der Waals surface area (Å²) in [4.78, 5) is 28.2. The highest BCUT2D eigenvalue weighted by molar-refractivity contribution is 5.83. The third-order valence-corrected chi connectivity index (χ3v) is 2.71. The molecule has 1 aromatic carbocycles. The van der Waals surface area contributed by atoms with Gasteiger partial charge in [0, 0.05) is 5.39 Å². The number of nitrogens with one attached hydrogen (secondary N) is 1. The van der Waals surface area contributed by atoms with E-state index in [4.69, 9.17) is 9.15 Å². The van der Waals surface area contributed by atoms with Crippen molar-refractivity contribution in [3.8, 4) is 17.2 Å². The number of aromatic amines is 1. The number of hydrogen-bond acceptors (Lipinski definition) is 5. The number of ether oxygens (including phenoxy) is 1. The molecule has 19 heavy (non-hydrogen) atoms. The maximum Gasteiger partial charge on any atom is 0.351 e. The normalized spacial score (nSPS) is 11.1. The van der Waals surface area contributed by atoms with E-state index in [1.165, 1.54) is 19.2 Å². The highest BCUT2D eigenvalue weighted by Crippen LogP contribution is 2.30. The van der Waals surface area contributed by atoms with Gasteiger partial charge < -0.3 is 9.15 Å². The maximum atomic E-state index is 14.0. The Bertz CT molecular complexity index is 868. The van der Waals surface area contributed by atoms with Gasteiger partial charge in [0.05, 0.1) is 7.11 Å². The third-order valence-electron chi connectivity index (χ3n) is 2.71. The lowest BCUT2D eigenvalue weighted by atomic mass is 10.1. The van der Waals surface area contributed by atoms with Crippen LogP contribution in [0.1, 0.15) is 0 Å². The first-order valence-corrected chi connectivity index (χ1v) is 5.30. The molecule has 3 rings (SSSR count). The quantitative estimate of drug-likeness (QED) is 0.664. The first kappa shape index (κ1) is 11.4. The molecule has 0 aromatic heterocycles. The Hall–Kier alpha value is -2.70. The van der Waals surface area contributed by atoms with Crippen LogP contribution in [0.4, 0.5) is 4.39 Å². The maximum absolute atomic E-state index is 14.0. The summed E-state index contributed by atoms with van der Waals surface area (Å²) in [5.74, 6) is -0.923. The van der Waals surface area contributed by atoms with E-state index in [2.05, 4.69) is 4.98 Å². The first-order valence-electron chi connectivity index (χ1n) is 5.30. The van der Waals surface area contributed by atoms with Crippen LogP contribution < -0.4 is 16.0 Å². The zero-order valence-electron chi connectivity index (χ0n) is 9.69. The van der Waals surface area contributed by atoms with Gasteiger partial charge in [0.15, 0.2) is 11.3 Å². The van der Waals surface area contributed by atoms with Crippen LogP contribution in [0.15, 0.2) is 32.2 Å². The zero-order valence-corrected chi connectivity index (χ0v) is 9.69. The predicted octanol–water partition coefficient (Wildman–Crippen LogP) is 1.13. The van der Waals surface area contributed by atoms with Crippen molar-refractivity contribution in [3.63, 3.8) is 0 Å². The van der Waals surface area contributed by atoms with Gasteiger partial charge in [-0.15, -0.1) is 0 Å². The Morgan fingerprint density at radius 2 is 2.16 bits per heavy atom. The number of methoxy groups -OCH3 is 1. The van der Waals surface area contributed by atoms with Crippen LogP contribution in [0.2, 0.25) is 0 Å². The van der Waals surface area contributed by atoms with Crippen molar-refractivity contribution in [1.82, 2.24) is 9.97 Å². The van der Waals surface area contributed by atoms with Crippen LogP contribution in [0.25, 0.3) is 22.4 Å². The summed E-state index contributed by atoms with van der Waals surface area (Å²) in [6, 6.07) is 4.37. The average Bonchev–Trinajstić information content (AvgIpc) is 2.38. The van der Waals surface area contributed by atoms with Gasteiger partial charge in [-0.1, -0.05) is 0 Å². The van der Waals surface area contributed by atoms with Gasteiger partial charge in [0.1, 0.15) is 5.56 Å². The molecule has 0 amide bonds. The number of fused-ring (bicyclic) bond motifs is 2. The highest BCUT2D eigenvalue weighted by atomic mass is 19.1. The smallest absolute Gasteiger partial charge is 0.351 e. The SMILES string of the molecule is COc1ccc2cc3c(=O)[nH]c(=O)nc-3oc2c1F. The van der Waals surface area contributed by atoms with E-state index in [9.17, 15) is 14.0 Å². The molecule has 96 valence electrons. The van der Waals surface area contributed by atoms with Gasteiger partial charge in [-0.05, 0) is 18.2 Å². The van der Waals surface area contributed by atoms with Crippen molar-refractivity contribution >= 4 is 11.0 Å². The molecule has 1 aromatic rings. The molecule has 0 saturated carbocycles. The minimum absolute atomic E-state index is 0.00258. The topological polar surface area (TPSA) is 85.2 Å². The van der Waals surface area contributed by atoms with Crippen LogP contribution in [0, 0.1) is 5.82 Å². The van der Waals surface area contributed by atoms with E-state index in [0.29, 0.717) is 5.39 Å². The van der Waals surface area contributed by atoms with Crippen molar-refractivity contribution < 1.29 is 13.5 Å². The van der Waals surface area contributed by atoms with E-state index in [-0.39, 0.29) is 22.8 Å². The Balaban J connectivity index is 2.50. The number of benzene rings is 1. The Morgan fingerprint density at radius 3 is 2.89 bits per heavy atom. The highest BCUT2D eigenvalue weighted by Gasteiger charge is 2.17. The van der Waals surface area contributed by atoms with Crippen LogP contribution in [0.3, 0.4) is 0 Å². The summed E-state index contributed by atoms with van der Waals surface area (Å²) in [5, 5.41) is 0.372. The summed E-state index contributed by atoms with van der Waals surface area (Å²) in [7, 11) is 1.32. The number of hydrogen-bond donors (Lipinski definition) is 1. The van der Waals surface area contributed by atoms with Crippen molar-refractivity contribution in [2.45, 2.75) is 0 Å². The Morgan fingerprint density at radius 1 is 1.37 bits per heavy atom. The van der Waals surface area contributed by atoms with Gasteiger partial charge in [-0.25, -0.2) is 4.79 Å². The van der Waals surface area contributed by atoms with Crippen molar-refractivity contribution in [2.75, 3.05) is 7.11 Å². The minimum atomic E-state index is -0.844. The summed E-state index contributed by atoms with van der Waals surface area (Å²) < 4.78 is 24.0. The van der Waals surface area contributed by atoms with Gasteiger partial charge in [0.25, 0.3) is 5.56 Å². The van der Waals surface area contributed by atoms with Crippen molar-refractivity contribution in [1.29, 1.82) is 0 Å². The molecule has 0 atom stereocenters. The molecule has 2 heterocycles. The molecule has 0 aliphatic carbocycles. The largest absolute Gasteiger partial charge is 0.494 e. The molecule has 0 fully saturated rings. The van der Waals surface area contributed by atoms with Crippen molar-refractivity contribution in [2.24, 2.45) is 0 Å². The monoisotopic (exact) mass is 262 g/mol. The molecule has 6 nitrogen and oxygen atoms in total. The summed E-state index contributed by atoms with van der Waals surface area (Å²) >= 11 is 0. The van der Waals surface area contributed by atoms with E-state index >= 15 is 0 Å². The number of H-pyrrole nitrogens is 1. The van der Waals surface area contributed by atoms with Gasteiger partial charge in [-0.3, -0.25) is 9.78 Å². The molecule has 0 saturated heterocycles. The zero-order chi connectivity index (χ0) is 13.6. The fourth-order valence-electron chi connectivity index (χ4n) is 1.83. The van der Waals surface area contributed by atoms with E-state index in [0.717, 1.165) is 0 Å². The molecule has 0 radical (unpaired) electrons. The molecule has 7 heteroatoms. The summed E-state index contributed by atoms with van der Waals surface area (Å²) in [6.45, 7) is 0. The first-order chi connectivity index (χ1) is 9.10. The van der Waals surface area contributed by atoms with E-state index in [1.54, 1.807) is 6.07 Å². The van der Waals surface area contributed by atoms with Crippen LogP contribution in [0.5, 0.6) is 5.75 Å². The number of nitrogens with zero attached hydrogens (tertiary/aromatic N) is 1. The lowest BCUT2D eigenvalue weighted by Crippen LogP contribution is -2.24. The Kier molecular flexibility index (Phi) is 2.34. The molecule has 1 N–H and O–H groups in total. The van der Waals surface area contributed by atoms with Crippen molar-refractivity contribution in [3.05, 3.63) is 44.9 Å². The second kappa shape index (κ2) is 3.91. The summed E-state index contributed by atoms with van der Waals surface area (Å²) in [5.41, 5.74) is -1.51. The molecular formula is C12H7FN2O4. The fraction of sp³-hybridized carbons (Fsp3) is 0.0833. The van der Waals surface area contributed by atoms with E-state index in [1.807, 2.05) is 4.98 Å². The van der Waals surface area contributed by atoms with Gasteiger partial charge in [-0.2, -0.15) is 9.37 Å². The number of aromatic nitrogens is 2. The average molecular weight is 262 g/mol. The number of halogens is 1. The second-order valence-electron chi connectivity index (χ2n) is 3.84. The molecule has 2 aliphatic rings. The van der Waals surface area contributed by atoms with Crippen LogP contribution >= 0.6 is 0 Å². The molecule has 0 bridgehead atoms. The third kappa shape index (κ3) is 1.67. The van der Waals surface area contributed by atoms with E-state index < -0.39 is 17.1 Å². The number of rotatable bonds is 1. The molecule has 0 spiro atoms. The molecule has 2 aliphatic heterocycles. The minimum Gasteiger partial charge on any atom is -0.494 e. The van der Waals surface area contributed by atoms with Crippen LogP contribution in [-0.4, -0.2) is 17.1 Å². The lowest BCUT2D eigenvalue weighted by Gasteiger charge is -2.07. The second-order valence-corrected chi connectivity index (χ2v) is 3.84. The Labute approximate surface area is 104 Å². The molecule has 0 unspecified atom stereocenters. The van der Waals surface area contributed by atoms with Gasteiger partial charge in [0.2, 0.25) is 11.7 Å². The summed E-state index contributed by atoms with van der Waals surface area (Å²) in [6.07, 6.45) is 0. The van der Waals surface area contributed by atoms with Crippen LogP contribution in [-0.2, 0) is 0 Å². The predicted molar refractivity (Wildman–Crippen MR) is 64.0 cm³/mol.